The summed E-state index contributed by atoms with van der Waals surface area (Å²) >= 11 is 6.11. The van der Waals surface area contributed by atoms with Crippen molar-refractivity contribution in [3.05, 3.63) is 52.8 Å². The third-order valence-electron chi connectivity index (χ3n) is 4.46. The SMILES string of the molecule is COCCN(Cc1cnn(C)c1)C(=O)NC1(c2cccc(Cl)c2)CC1. The Bertz CT molecular complexity index is 742. The van der Waals surface area contributed by atoms with Gasteiger partial charge in [0.1, 0.15) is 0 Å². The summed E-state index contributed by atoms with van der Waals surface area (Å²) in [7, 11) is 3.50. The van der Waals surface area contributed by atoms with Crippen LogP contribution in [0, 0.1) is 0 Å². The van der Waals surface area contributed by atoms with Crippen molar-refractivity contribution < 1.29 is 9.53 Å². The van der Waals surface area contributed by atoms with Crippen LogP contribution in [0.3, 0.4) is 0 Å². The third kappa shape index (κ3) is 4.32. The first kappa shape index (κ1) is 17.8. The van der Waals surface area contributed by atoms with Crippen LogP contribution >= 0.6 is 11.6 Å². The fraction of sp³-hybridized carbons (Fsp3) is 0.444. The number of carbonyl (C=O) groups excluding carboxylic acids is 1. The maximum absolute atomic E-state index is 12.9. The minimum Gasteiger partial charge on any atom is -0.383 e. The summed E-state index contributed by atoms with van der Waals surface area (Å²) < 4.78 is 6.88. The number of amides is 2. The minimum atomic E-state index is -0.303. The number of hydrogen-bond donors (Lipinski definition) is 1. The zero-order chi connectivity index (χ0) is 17.9. The summed E-state index contributed by atoms with van der Waals surface area (Å²) in [5, 5.41) is 8.04. The second-order valence-corrected chi connectivity index (χ2v) is 6.90. The Morgan fingerprint density at radius 2 is 2.28 bits per heavy atom. The Morgan fingerprint density at radius 1 is 1.48 bits per heavy atom. The zero-order valence-electron chi connectivity index (χ0n) is 14.5. The molecule has 0 saturated heterocycles. The van der Waals surface area contributed by atoms with E-state index in [0.29, 0.717) is 24.7 Å². The fourth-order valence-electron chi connectivity index (χ4n) is 2.91. The number of rotatable bonds is 7. The van der Waals surface area contributed by atoms with Crippen LogP contribution in [0.4, 0.5) is 4.79 Å². The second-order valence-electron chi connectivity index (χ2n) is 6.46. The first-order valence-corrected chi connectivity index (χ1v) is 8.70. The number of nitrogens with one attached hydrogen (secondary N) is 1. The van der Waals surface area contributed by atoms with Gasteiger partial charge in [0, 0.05) is 37.5 Å². The number of aromatic nitrogens is 2. The van der Waals surface area contributed by atoms with Gasteiger partial charge in [-0.15, -0.1) is 0 Å². The summed E-state index contributed by atoms with van der Waals surface area (Å²) in [6.45, 7) is 1.50. The summed E-state index contributed by atoms with van der Waals surface area (Å²) in [6, 6.07) is 7.60. The number of hydrogen-bond acceptors (Lipinski definition) is 3. The van der Waals surface area contributed by atoms with E-state index in [9.17, 15) is 4.79 Å². The molecule has 0 radical (unpaired) electrons. The standard InChI is InChI=1S/C18H23ClN4O2/c1-22-12-14(11-20-22)13-23(8-9-25-2)17(24)21-18(6-7-18)15-4-3-5-16(19)10-15/h3-5,10-12H,6-9,13H2,1-2H3,(H,21,24). The molecular formula is C18H23ClN4O2. The summed E-state index contributed by atoms with van der Waals surface area (Å²) in [4.78, 5) is 14.6. The van der Waals surface area contributed by atoms with Crippen LogP contribution in [0.15, 0.2) is 36.7 Å². The van der Waals surface area contributed by atoms with E-state index in [1.807, 2.05) is 37.5 Å². The molecule has 7 heteroatoms. The van der Waals surface area contributed by atoms with Crippen molar-refractivity contribution in [2.75, 3.05) is 20.3 Å². The molecule has 1 N–H and O–H groups in total. The molecular weight excluding hydrogens is 340 g/mol. The van der Waals surface area contributed by atoms with E-state index in [4.69, 9.17) is 16.3 Å². The maximum Gasteiger partial charge on any atom is 0.318 e. The van der Waals surface area contributed by atoms with Gasteiger partial charge in [0.05, 0.1) is 24.9 Å². The topological polar surface area (TPSA) is 59.4 Å². The largest absolute Gasteiger partial charge is 0.383 e. The van der Waals surface area contributed by atoms with E-state index in [1.54, 1.807) is 22.9 Å². The van der Waals surface area contributed by atoms with Crippen molar-refractivity contribution in [2.45, 2.75) is 24.9 Å². The normalized spacial score (nSPS) is 15.0. The highest BCUT2D eigenvalue weighted by Gasteiger charge is 2.46. The number of benzene rings is 1. The summed E-state index contributed by atoms with van der Waals surface area (Å²) in [5.41, 5.74) is 1.74. The Labute approximate surface area is 152 Å². The number of carbonyl (C=O) groups is 1. The Morgan fingerprint density at radius 3 is 2.88 bits per heavy atom. The lowest BCUT2D eigenvalue weighted by Gasteiger charge is -2.26. The van der Waals surface area contributed by atoms with Gasteiger partial charge < -0.3 is 15.0 Å². The smallest absolute Gasteiger partial charge is 0.318 e. The number of ether oxygens (including phenoxy) is 1. The van der Waals surface area contributed by atoms with Gasteiger partial charge in [0.15, 0.2) is 0 Å². The second kappa shape index (κ2) is 7.45. The quantitative estimate of drug-likeness (QED) is 0.823. The lowest BCUT2D eigenvalue weighted by atomic mass is 10.1. The van der Waals surface area contributed by atoms with Crippen LogP contribution in [0.1, 0.15) is 24.0 Å². The van der Waals surface area contributed by atoms with E-state index in [-0.39, 0.29) is 11.6 Å². The molecule has 1 heterocycles. The van der Waals surface area contributed by atoms with E-state index >= 15 is 0 Å². The van der Waals surface area contributed by atoms with Crippen LogP contribution in [0.25, 0.3) is 0 Å². The molecule has 0 spiro atoms. The molecule has 0 bridgehead atoms. The average molecular weight is 363 g/mol. The highest BCUT2D eigenvalue weighted by molar-refractivity contribution is 6.30. The van der Waals surface area contributed by atoms with Gasteiger partial charge >= 0.3 is 6.03 Å². The van der Waals surface area contributed by atoms with Gasteiger partial charge in [-0.05, 0) is 30.5 Å². The predicted molar refractivity (Wildman–Crippen MR) is 96.4 cm³/mol. The van der Waals surface area contributed by atoms with Gasteiger partial charge in [-0.25, -0.2) is 4.79 Å². The maximum atomic E-state index is 12.9. The Kier molecular flexibility index (Phi) is 5.30. The molecule has 0 aliphatic heterocycles. The summed E-state index contributed by atoms with van der Waals surface area (Å²) in [5.74, 6) is 0. The molecule has 2 amide bonds. The average Bonchev–Trinajstić information content (AvgIpc) is 3.25. The molecule has 25 heavy (non-hydrogen) atoms. The lowest BCUT2D eigenvalue weighted by Crippen LogP contribution is -2.45. The van der Waals surface area contributed by atoms with E-state index in [2.05, 4.69) is 10.4 Å². The van der Waals surface area contributed by atoms with Crippen molar-refractivity contribution in [1.29, 1.82) is 0 Å². The zero-order valence-corrected chi connectivity index (χ0v) is 15.3. The minimum absolute atomic E-state index is 0.0987. The van der Waals surface area contributed by atoms with Crippen LogP contribution in [0.2, 0.25) is 5.02 Å². The van der Waals surface area contributed by atoms with Crippen molar-refractivity contribution in [3.8, 4) is 0 Å². The van der Waals surface area contributed by atoms with Crippen LogP contribution < -0.4 is 5.32 Å². The number of methoxy groups -OCH3 is 1. The predicted octanol–water partition coefficient (Wildman–Crippen LogP) is 2.92. The molecule has 134 valence electrons. The molecule has 1 aliphatic rings. The molecule has 3 rings (SSSR count). The first-order chi connectivity index (χ1) is 12.0. The molecule has 1 aromatic carbocycles. The molecule has 1 fully saturated rings. The van der Waals surface area contributed by atoms with Gasteiger partial charge in [-0.2, -0.15) is 5.10 Å². The van der Waals surface area contributed by atoms with Crippen LogP contribution in [-0.4, -0.2) is 41.0 Å². The highest BCUT2D eigenvalue weighted by atomic mass is 35.5. The lowest BCUT2D eigenvalue weighted by molar-refractivity contribution is 0.144. The number of halogens is 1. The van der Waals surface area contributed by atoms with E-state index in [0.717, 1.165) is 24.0 Å². The molecule has 0 unspecified atom stereocenters. The molecule has 2 aromatic rings. The van der Waals surface area contributed by atoms with E-state index < -0.39 is 0 Å². The molecule has 1 aliphatic carbocycles. The van der Waals surface area contributed by atoms with Crippen LogP contribution in [0.5, 0.6) is 0 Å². The van der Waals surface area contributed by atoms with Gasteiger partial charge in [0.25, 0.3) is 0 Å². The number of urea groups is 1. The van der Waals surface area contributed by atoms with Crippen molar-refractivity contribution in [2.24, 2.45) is 7.05 Å². The van der Waals surface area contributed by atoms with Gasteiger partial charge in [-0.3, -0.25) is 4.68 Å². The Balaban J connectivity index is 1.71. The molecule has 1 aromatic heterocycles. The number of aryl methyl sites for hydroxylation is 1. The first-order valence-electron chi connectivity index (χ1n) is 8.32. The third-order valence-corrected chi connectivity index (χ3v) is 4.69. The van der Waals surface area contributed by atoms with Crippen molar-refractivity contribution in [1.82, 2.24) is 20.0 Å². The van der Waals surface area contributed by atoms with Gasteiger partial charge in [-0.1, -0.05) is 23.7 Å². The Hall–Kier alpha value is -2.05. The highest BCUT2D eigenvalue weighted by Crippen LogP contribution is 2.46. The van der Waals surface area contributed by atoms with Crippen molar-refractivity contribution >= 4 is 17.6 Å². The molecule has 0 atom stereocenters. The van der Waals surface area contributed by atoms with Gasteiger partial charge in [0.2, 0.25) is 0 Å². The molecule has 1 saturated carbocycles. The summed E-state index contributed by atoms with van der Waals surface area (Å²) in [6.07, 6.45) is 5.53. The fourth-order valence-corrected chi connectivity index (χ4v) is 3.10. The number of nitrogens with zero attached hydrogens (tertiary/aromatic N) is 3. The van der Waals surface area contributed by atoms with Crippen molar-refractivity contribution in [3.63, 3.8) is 0 Å². The van der Waals surface area contributed by atoms with Crippen LogP contribution in [-0.2, 0) is 23.9 Å². The molecule has 6 nitrogen and oxygen atoms in total. The monoisotopic (exact) mass is 362 g/mol. The van der Waals surface area contributed by atoms with E-state index in [1.165, 1.54) is 0 Å².